The quantitative estimate of drug-likeness (QED) is 0.542. The topological polar surface area (TPSA) is 20.3 Å². The van der Waals surface area contributed by atoms with E-state index in [1.165, 1.54) is 50.5 Å². The third-order valence-electron chi connectivity index (χ3n) is 3.99. The van der Waals surface area contributed by atoms with Gasteiger partial charge in [0.2, 0.25) is 0 Å². The number of carbonyl (C=O) groups excluding carboxylic acids is 1. The van der Waals surface area contributed by atoms with Crippen LogP contribution in [0.25, 0.3) is 0 Å². The maximum atomic E-state index is 12.2. The summed E-state index contributed by atoms with van der Waals surface area (Å²) in [5.74, 6) is 0.137. The van der Waals surface area contributed by atoms with E-state index in [4.69, 9.17) is 0 Å². The Morgan fingerprint density at radius 2 is 1.43 bits per heavy atom. The number of carbonyl (C=O) groups is 1. The van der Waals surface area contributed by atoms with Crippen LogP contribution < -0.4 is 0 Å². The molecule has 0 aromatic heterocycles. The molecule has 0 heterocycles. The van der Waals surface area contributed by atoms with Crippen molar-refractivity contribution in [3.05, 3.63) is 35.4 Å². The smallest absolute Gasteiger partial charge is 0.253 e. The Hall–Kier alpha value is -1.31. The molecule has 0 aliphatic rings. The molecule has 0 spiro atoms. The van der Waals surface area contributed by atoms with E-state index in [2.05, 4.69) is 6.92 Å². The second-order valence-electron chi connectivity index (χ2n) is 6.07. The maximum Gasteiger partial charge on any atom is 0.253 e. The third kappa shape index (κ3) is 7.31. The second-order valence-corrected chi connectivity index (χ2v) is 6.07. The molecule has 0 aliphatic heterocycles. The van der Waals surface area contributed by atoms with Crippen molar-refractivity contribution in [2.75, 3.05) is 13.6 Å². The van der Waals surface area contributed by atoms with E-state index in [-0.39, 0.29) is 5.91 Å². The Bertz CT molecular complexity index is 397. The predicted molar refractivity (Wildman–Crippen MR) is 90.7 cm³/mol. The van der Waals surface area contributed by atoms with Gasteiger partial charge in [0.15, 0.2) is 0 Å². The van der Waals surface area contributed by atoms with Gasteiger partial charge in [-0.1, -0.05) is 69.6 Å². The van der Waals surface area contributed by atoms with E-state index < -0.39 is 0 Å². The van der Waals surface area contributed by atoms with Gasteiger partial charge in [-0.15, -0.1) is 0 Å². The molecule has 118 valence electrons. The van der Waals surface area contributed by atoms with E-state index in [9.17, 15) is 4.79 Å². The van der Waals surface area contributed by atoms with Crippen LogP contribution in [0.3, 0.4) is 0 Å². The minimum atomic E-state index is 0.137. The molecule has 21 heavy (non-hydrogen) atoms. The van der Waals surface area contributed by atoms with Crippen molar-refractivity contribution < 1.29 is 4.79 Å². The number of aryl methyl sites for hydroxylation is 1. The normalized spacial score (nSPS) is 10.6. The van der Waals surface area contributed by atoms with Crippen LogP contribution in [0, 0.1) is 6.92 Å². The number of nitrogens with zero attached hydrogens (tertiary/aromatic N) is 1. The summed E-state index contributed by atoms with van der Waals surface area (Å²) in [6.07, 6.45) is 10.4. The van der Waals surface area contributed by atoms with Gasteiger partial charge >= 0.3 is 0 Å². The Morgan fingerprint density at radius 1 is 0.905 bits per heavy atom. The van der Waals surface area contributed by atoms with Gasteiger partial charge in [0.25, 0.3) is 5.91 Å². The fraction of sp³-hybridized carbons (Fsp3) is 0.632. The summed E-state index contributed by atoms with van der Waals surface area (Å²) in [4.78, 5) is 14.1. The van der Waals surface area contributed by atoms with Gasteiger partial charge in [0.1, 0.15) is 0 Å². The molecule has 0 unspecified atom stereocenters. The summed E-state index contributed by atoms with van der Waals surface area (Å²) >= 11 is 0. The summed E-state index contributed by atoms with van der Waals surface area (Å²) in [5.41, 5.74) is 1.99. The molecule has 2 heteroatoms. The van der Waals surface area contributed by atoms with Crippen LogP contribution in [-0.4, -0.2) is 24.4 Å². The fourth-order valence-corrected chi connectivity index (χ4v) is 2.50. The lowest BCUT2D eigenvalue weighted by molar-refractivity contribution is 0.0792. The van der Waals surface area contributed by atoms with Crippen LogP contribution in [0.1, 0.15) is 74.2 Å². The number of amides is 1. The highest BCUT2D eigenvalue weighted by Crippen LogP contribution is 2.10. The van der Waals surface area contributed by atoms with Gasteiger partial charge in [-0.2, -0.15) is 0 Å². The highest BCUT2D eigenvalue weighted by molar-refractivity contribution is 5.94. The van der Waals surface area contributed by atoms with E-state index in [1.807, 2.05) is 43.1 Å². The molecular formula is C19H31NO. The van der Waals surface area contributed by atoms with Crippen LogP contribution >= 0.6 is 0 Å². The number of hydrogen-bond donors (Lipinski definition) is 0. The van der Waals surface area contributed by atoms with Crippen LogP contribution in [0.5, 0.6) is 0 Å². The van der Waals surface area contributed by atoms with Crippen LogP contribution in [0.15, 0.2) is 24.3 Å². The van der Waals surface area contributed by atoms with Crippen molar-refractivity contribution in [1.82, 2.24) is 4.90 Å². The molecule has 0 fully saturated rings. The van der Waals surface area contributed by atoms with Crippen LogP contribution in [-0.2, 0) is 0 Å². The zero-order valence-electron chi connectivity index (χ0n) is 14.0. The number of hydrogen-bond acceptors (Lipinski definition) is 1. The highest BCUT2D eigenvalue weighted by Gasteiger charge is 2.10. The zero-order chi connectivity index (χ0) is 15.5. The Morgan fingerprint density at radius 3 is 2.00 bits per heavy atom. The molecule has 0 bridgehead atoms. The molecular weight excluding hydrogens is 258 g/mol. The second kappa shape index (κ2) is 10.4. The van der Waals surface area contributed by atoms with E-state index in [0.29, 0.717) is 0 Å². The Balaban J connectivity index is 2.14. The molecule has 1 amide bonds. The number of unbranched alkanes of at least 4 members (excludes halogenated alkanes) is 7. The van der Waals surface area contributed by atoms with E-state index >= 15 is 0 Å². The SMILES string of the molecule is CCCCCCCCCCN(C)C(=O)c1ccc(C)cc1. The van der Waals surface area contributed by atoms with Gasteiger partial charge in [0.05, 0.1) is 0 Å². The summed E-state index contributed by atoms with van der Waals surface area (Å²) in [5, 5.41) is 0. The van der Waals surface area contributed by atoms with Gasteiger partial charge in [-0.25, -0.2) is 0 Å². The number of benzene rings is 1. The largest absolute Gasteiger partial charge is 0.342 e. The molecule has 0 saturated heterocycles. The molecule has 1 rings (SSSR count). The fourth-order valence-electron chi connectivity index (χ4n) is 2.50. The molecule has 0 N–H and O–H groups in total. The zero-order valence-corrected chi connectivity index (χ0v) is 14.0. The van der Waals surface area contributed by atoms with Crippen LogP contribution in [0.4, 0.5) is 0 Å². The standard InChI is InChI=1S/C19H31NO/c1-4-5-6-7-8-9-10-11-16-20(3)19(21)18-14-12-17(2)13-15-18/h12-15H,4-11,16H2,1-3H3. The summed E-state index contributed by atoms with van der Waals surface area (Å²) in [6, 6.07) is 7.83. The monoisotopic (exact) mass is 289 g/mol. The van der Waals surface area contributed by atoms with Crippen molar-refractivity contribution in [3.63, 3.8) is 0 Å². The van der Waals surface area contributed by atoms with Gasteiger partial charge in [-0.05, 0) is 25.5 Å². The lowest BCUT2D eigenvalue weighted by atomic mass is 10.1. The highest BCUT2D eigenvalue weighted by atomic mass is 16.2. The van der Waals surface area contributed by atoms with Crippen molar-refractivity contribution in [1.29, 1.82) is 0 Å². The Labute approximate surface area is 130 Å². The van der Waals surface area contributed by atoms with Crippen molar-refractivity contribution in [3.8, 4) is 0 Å². The first-order valence-corrected chi connectivity index (χ1v) is 8.47. The molecule has 0 aliphatic carbocycles. The van der Waals surface area contributed by atoms with Crippen molar-refractivity contribution >= 4 is 5.91 Å². The van der Waals surface area contributed by atoms with Crippen molar-refractivity contribution in [2.45, 2.75) is 65.2 Å². The molecule has 0 radical (unpaired) electrons. The van der Waals surface area contributed by atoms with E-state index in [1.54, 1.807) is 0 Å². The molecule has 0 atom stereocenters. The Kier molecular flexibility index (Phi) is 8.80. The first-order chi connectivity index (χ1) is 10.1. The predicted octanol–water partition coefficient (Wildman–Crippen LogP) is 5.21. The maximum absolute atomic E-state index is 12.2. The molecule has 1 aromatic carbocycles. The molecule has 2 nitrogen and oxygen atoms in total. The first-order valence-electron chi connectivity index (χ1n) is 8.47. The summed E-state index contributed by atoms with van der Waals surface area (Å²) < 4.78 is 0. The van der Waals surface area contributed by atoms with Gasteiger partial charge in [0, 0.05) is 19.2 Å². The minimum absolute atomic E-state index is 0.137. The third-order valence-corrected chi connectivity index (χ3v) is 3.99. The number of rotatable bonds is 10. The minimum Gasteiger partial charge on any atom is -0.342 e. The summed E-state index contributed by atoms with van der Waals surface area (Å²) in [7, 11) is 1.91. The van der Waals surface area contributed by atoms with E-state index in [0.717, 1.165) is 18.5 Å². The lowest BCUT2D eigenvalue weighted by Crippen LogP contribution is -2.27. The molecule has 1 aromatic rings. The van der Waals surface area contributed by atoms with Gasteiger partial charge in [-0.3, -0.25) is 4.79 Å². The molecule has 0 saturated carbocycles. The average Bonchev–Trinajstić information content (AvgIpc) is 2.49. The van der Waals surface area contributed by atoms with Crippen LogP contribution in [0.2, 0.25) is 0 Å². The van der Waals surface area contributed by atoms with Gasteiger partial charge < -0.3 is 4.90 Å². The average molecular weight is 289 g/mol. The summed E-state index contributed by atoms with van der Waals surface area (Å²) in [6.45, 7) is 5.15. The first kappa shape index (κ1) is 17.7. The lowest BCUT2D eigenvalue weighted by Gasteiger charge is -2.17. The van der Waals surface area contributed by atoms with Crippen molar-refractivity contribution in [2.24, 2.45) is 0 Å².